The van der Waals surface area contributed by atoms with Crippen LogP contribution in [0.1, 0.15) is 16.7 Å². The molecule has 0 aromatic heterocycles. The topological polar surface area (TPSA) is 69.2 Å². The first kappa shape index (κ1) is 16.7. The van der Waals surface area contributed by atoms with Gasteiger partial charge in [0.2, 0.25) is 0 Å². The molecule has 0 saturated carbocycles. The number of allylic oxidation sites excluding steroid dienone is 15. The second kappa shape index (κ2) is 6.89. The molecule has 3 heteroatoms. The number of rotatable bonds is 3. The van der Waals surface area contributed by atoms with Crippen LogP contribution in [0.25, 0.3) is 16.7 Å². The van der Waals surface area contributed by atoms with E-state index in [9.17, 15) is 15.3 Å². The minimum Gasteiger partial charge on any atom is -0.877 e. The molecule has 0 atom stereocenters. The van der Waals surface area contributed by atoms with Gasteiger partial charge < -0.3 is 15.3 Å². The Morgan fingerprint density at radius 1 is 0.556 bits per heavy atom. The molecule has 3 nitrogen and oxygen atoms in total. The van der Waals surface area contributed by atoms with Crippen molar-refractivity contribution < 1.29 is 15.3 Å². The normalized spacial score (nSPS) is 22.2. The standard InChI is InChI=1S/C24H18O3/c25-13-17-4-1-7-20(17)16-10-11-23(21-8-2-5-18(21)14-26)24(12-16)22-9-3-6-19(22)15-27/h1-15,25-27H/p-3/b17-13+,18-14+,19-15+. The monoisotopic (exact) mass is 351 g/mol. The molecule has 3 aliphatic carbocycles. The fourth-order valence-electron chi connectivity index (χ4n) is 3.53. The van der Waals surface area contributed by atoms with E-state index in [1.165, 1.54) is 0 Å². The van der Waals surface area contributed by atoms with E-state index in [1.54, 1.807) is 18.2 Å². The second-order valence-electron chi connectivity index (χ2n) is 6.30. The summed E-state index contributed by atoms with van der Waals surface area (Å²) in [4.78, 5) is 0. The van der Waals surface area contributed by atoms with Crippen molar-refractivity contribution in [2.45, 2.75) is 0 Å². The van der Waals surface area contributed by atoms with E-state index in [0.717, 1.165) is 52.2 Å². The van der Waals surface area contributed by atoms with Crippen LogP contribution in [0.3, 0.4) is 0 Å². The van der Waals surface area contributed by atoms with Crippen LogP contribution in [0, 0.1) is 0 Å². The van der Waals surface area contributed by atoms with Crippen molar-refractivity contribution in [3.05, 3.63) is 125 Å². The third-order valence-electron chi connectivity index (χ3n) is 4.84. The van der Waals surface area contributed by atoms with Crippen molar-refractivity contribution in [3.63, 3.8) is 0 Å². The van der Waals surface area contributed by atoms with Gasteiger partial charge in [-0.05, 0) is 56.2 Å². The molecular formula is C24H15O3-3. The van der Waals surface area contributed by atoms with E-state index in [2.05, 4.69) is 0 Å². The summed E-state index contributed by atoms with van der Waals surface area (Å²) in [5.74, 6) is 0. The van der Waals surface area contributed by atoms with Gasteiger partial charge >= 0.3 is 0 Å². The van der Waals surface area contributed by atoms with E-state index >= 15 is 0 Å². The van der Waals surface area contributed by atoms with Crippen LogP contribution in [0.2, 0.25) is 0 Å². The maximum atomic E-state index is 11.5. The molecule has 4 rings (SSSR count). The van der Waals surface area contributed by atoms with Gasteiger partial charge in [0.1, 0.15) is 0 Å². The Labute approximate surface area is 157 Å². The Morgan fingerprint density at radius 3 is 1.59 bits per heavy atom. The van der Waals surface area contributed by atoms with Crippen molar-refractivity contribution in [2.24, 2.45) is 0 Å². The summed E-state index contributed by atoms with van der Waals surface area (Å²) < 4.78 is 0. The molecule has 27 heavy (non-hydrogen) atoms. The van der Waals surface area contributed by atoms with E-state index in [0.29, 0.717) is 16.7 Å². The molecule has 0 aliphatic heterocycles. The molecule has 0 amide bonds. The molecule has 1 aromatic carbocycles. The minimum atomic E-state index is 0.589. The van der Waals surface area contributed by atoms with Gasteiger partial charge in [0, 0.05) is 0 Å². The molecule has 3 aliphatic rings. The van der Waals surface area contributed by atoms with Gasteiger partial charge in [0.05, 0.1) is 0 Å². The molecule has 0 N–H and O–H groups in total. The lowest BCUT2D eigenvalue weighted by molar-refractivity contribution is -0.276. The van der Waals surface area contributed by atoms with Crippen LogP contribution < -0.4 is 15.3 Å². The van der Waals surface area contributed by atoms with Crippen LogP contribution in [-0.4, -0.2) is 0 Å². The Morgan fingerprint density at radius 2 is 1.04 bits per heavy atom. The summed E-state index contributed by atoms with van der Waals surface area (Å²) in [5, 5.41) is 34.2. The van der Waals surface area contributed by atoms with Gasteiger partial charge in [-0.15, -0.1) is 18.8 Å². The van der Waals surface area contributed by atoms with Gasteiger partial charge in [0.25, 0.3) is 0 Å². The van der Waals surface area contributed by atoms with Gasteiger partial charge in [-0.2, -0.15) is 0 Å². The van der Waals surface area contributed by atoms with Crippen molar-refractivity contribution in [3.8, 4) is 0 Å². The summed E-state index contributed by atoms with van der Waals surface area (Å²) >= 11 is 0. The molecule has 0 radical (unpaired) electrons. The molecule has 0 heterocycles. The predicted octanol–water partition coefficient (Wildman–Crippen LogP) is 2.28. The smallest absolute Gasteiger partial charge is 0.00934 e. The maximum absolute atomic E-state index is 11.5. The first-order valence-corrected chi connectivity index (χ1v) is 8.54. The SMILES string of the molecule is [O-]/C=C1\C=CC=C1c1ccc(C2=CC=C/C2=C\[O-])c(C2=CC=C/C2=C\[O-])c1. The van der Waals surface area contributed by atoms with Crippen molar-refractivity contribution in [2.75, 3.05) is 0 Å². The van der Waals surface area contributed by atoms with Gasteiger partial charge in [-0.1, -0.05) is 66.8 Å². The summed E-state index contributed by atoms with van der Waals surface area (Å²) in [6.45, 7) is 0. The zero-order valence-electron chi connectivity index (χ0n) is 14.4. The summed E-state index contributed by atoms with van der Waals surface area (Å²) in [6, 6.07) is 5.85. The lowest BCUT2D eigenvalue weighted by Gasteiger charge is -2.19. The van der Waals surface area contributed by atoms with Crippen molar-refractivity contribution >= 4 is 16.7 Å². The average Bonchev–Trinajstić information content (AvgIpc) is 3.46. The number of hydrogen-bond donors (Lipinski definition) is 0. The molecule has 0 fully saturated rings. The van der Waals surface area contributed by atoms with Crippen molar-refractivity contribution in [1.82, 2.24) is 0 Å². The molecule has 0 saturated heterocycles. The highest BCUT2D eigenvalue weighted by Crippen LogP contribution is 2.40. The van der Waals surface area contributed by atoms with Crippen molar-refractivity contribution in [1.29, 1.82) is 0 Å². The maximum Gasteiger partial charge on any atom is -0.00934 e. The molecule has 0 bridgehead atoms. The second-order valence-corrected chi connectivity index (χ2v) is 6.30. The number of benzene rings is 1. The van der Waals surface area contributed by atoms with Gasteiger partial charge in [-0.3, -0.25) is 0 Å². The van der Waals surface area contributed by atoms with Gasteiger partial charge in [-0.25, -0.2) is 0 Å². The largest absolute Gasteiger partial charge is 0.877 e. The third-order valence-corrected chi connectivity index (χ3v) is 4.84. The van der Waals surface area contributed by atoms with E-state index in [-0.39, 0.29) is 0 Å². The quantitative estimate of drug-likeness (QED) is 0.785. The molecule has 132 valence electrons. The minimum absolute atomic E-state index is 0.589. The molecule has 0 spiro atoms. The molecule has 1 aromatic rings. The van der Waals surface area contributed by atoms with Crippen LogP contribution >= 0.6 is 0 Å². The lowest BCUT2D eigenvalue weighted by atomic mass is 9.87. The first-order valence-electron chi connectivity index (χ1n) is 8.54. The van der Waals surface area contributed by atoms with Crippen LogP contribution in [0.4, 0.5) is 0 Å². The Balaban J connectivity index is 1.88. The van der Waals surface area contributed by atoms with E-state index in [4.69, 9.17) is 0 Å². The average molecular weight is 351 g/mol. The Kier molecular flexibility index (Phi) is 4.27. The summed E-state index contributed by atoms with van der Waals surface area (Å²) in [5.41, 5.74) is 6.89. The van der Waals surface area contributed by atoms with Crippen LogP contribution in [0.15, 0.2) is 108 Å². The predicted molar refractivity (Wildman–Crippen MR) is 102 cm³/mol. The Hall–Kier alpha value is -3.72. The van der Waals surface area contributed by atoms with E-state index in [1.807, 2.05) is 54.7 Å². The molecular weight excluding hydrogens is 336 g/mol. The highest BCUT2D eigenvalue weighted by molar-refractivity contribution is 5.97. The van der Waals surface area contributed by atoms with Crippen LogP contribution in [0.5, 0.6) is 0 Å². The molecule has 0 unspecified atom stereocenters. The fourth-order valence-corrected chi connectivity index (χ4v) is 3.53. The zero-order valence-corrected chi connectivity index (χ0v) is 14.4. The van der Waals surface area contributed by atoms with E-state index < -0.39 is 0 Å². The summed E-state index contributed by atoms with van der Waals surface area (Å²) in [6.07, 6.45) is 19.0. The lowest BCUT2D eigenvalue weighted by Crippen LogP contribution is -2.01. The van der Waals surface area contributed by atoms with Gasteiger partial charge in [0.15, 0.2) is 0 Å². The van der Waals surface area contributed by atoms with Crippen LogP contribution in [-0.2, 0) is 0 Å². The third kappa shape index (κ3) is 2.79. The highest BCUT2D eigenvalue weighted by atomic mass is 16.2. The Bertz CT molecular complexity index is 1080. The highest BCUT2D eigenvalue weighted by Gasteiger charge is 2.19. The number of hydrogen-bond acceptors (Lipinski definition) is 3. The first-order chi connectivity index (χ1) is 13.3. The fraction of sp³-hybridized carbons (Fsp3) is 0. The zero-order chi connectivity index (χ0) is 18.8. The summed E-state index contributed by atoms with van der Waals surface area (Å²) in [7, 11) is 0.